The van der Waals surface area contributed by atoms with Crippen LogP contribution in [0.25, 0.3) is 0 Å². The van der Waals surface area contributed by atoms with Crippen LogP contribution in [0.5, 0.6) is 0 Å². The summed E-state index contributed by atoms with van der Waals surface area (Å²) in [5, 5.41) is 4.41. The first-order chi connectivity index (χ1) is 12.4. The predicted octanol–water partition coefficient (Wildman–Crippen LogP) is 3.66. The normalized spacial score (nSPS) is 30.6. The topological polar surface area (TPSA) is 51.4 Å². The third-order valence-corrected chi connectivity index (χ3v) is 6.23. The molecular weight excluding hydrogens is 314 g/mol. The summed E-state index contributed by atoms with van der Waals surface area (Å²) in [7, 11) is 0. The van der Waals surface area contributed by atoms with Crippen LogP contribution in [-0.4, -0.2) is 40.8 Å². The van der Waals surface area contributed by atoms with E-state index in [1.807, 2.05) is 0 Å². The fourth-order valence-corrected chi connectivity index (χ4v) is 4.96. The molecule has 5 rings (SSSR count). The van der Waals surface area contributed by atoms with Crippen LogP contribution in [0, 0.1) is 0 Å². The maximum atomic E-state index is 5.67. The van der Waals surface area contributed by atoms with Gasteiger partial charge in [-0.15, -0.1) is 0 Å². The van der Waals surface area contributed by atoms with Gasteiger partial charge in [0.05, 0.1) is 0 Å². The standard InChI is InChI=1S/C20H25N3O2/c1-2-5-14(6-3-1)18-13-16(17-7-4-10-23(17)18)19-21-20(25-22-19)15-8-11-24-12-9-15/h1-3,5-6,15-18H,4,7-13H2/t16?,17-,18?/m0/s1. The number of ether oxygens (including phenoxy) is 1. The van der Waals surface area contributed by atoms with Crippen LogP contribution in [-0.2, 0) is 4.74 Å². The minimum Gasteiger partial charge on any atom is -0.381 e. The van der Waals surface area contributed by atoms with Gasteiger partial charge in [0.2, 0.25) is 5.89 Å². The Morgan fingerprint density at radius 2 is 1.88 bits per heavy atom. The molecule has 0 spiro atoms. The summed E-state index contributed by atoms with van der Waals surface area (Å²) in [5.74, 6) is 2.52. The molecule has 3 fully saturated rings. The largest absolute Gasteiger partial charge is 0.381 e. The third kappa shape index (κ3) is 2.79. The molecule has 3 atom stereocenters. The van der Waals surface area contributed by atoms with Crippen molar-refractivity contribution < 1.29 is 9.26 Å². The molecule has 0 N–H and O–H groups in total. The van der Waals surface area contributed by atoms with Crippen molar-refractivity contribution in [3.63, 3.8) is 0 Å². The maximum absolute atomic E-state index is 5.67. The van der Waals surface area contributed by atoms with Crippen molar-refractivity contribution in [2.75, 3.05) is 19.8 Å². The van der Waals surface area contributed by atoms with Gasteiger partial charge in [-0.1, -0.05) is 35.5 Å². The van der Waals surface area contributed by atoms with Crippen LogP contribution in [0.4, 0.5) is 0 Å². The number of rotatable bonds is 3. The number of benzene rings is 1. The van der Waals surface area contributed by atoms with Gasteiger partial charge in [0.15, 0.2) is 5.82 Å². The van der Waals surface area contributed by atoms with Gasteiger partial charge in [-0.05, 0) is 44.2 Å². The highest BCUT2D eigenvalue weighted by Crippen LogP contribution is 2.48. The van der Waals surface area contributed by atoms with Gasteiger partial charge >= 0.3 is 0 Å². The molecular formula is C20H25N3O2. The van der Waals surface area contributed by atoms with E-state index in [4.69, 9.17) is 14.2 Å². The van der Waals surface area contributed by atoms with E-state index in [0.29, 0.717) is 23.9 Å². The number of fused-ring (bicyclic) bond motifs is 1. The number of hydrogen-bond acceptors (Lipinski definition) is 5. The van der Waals surface area contributed by atoms with Crippen molar-refractivity contribution in [1.82, 2.24) is 15.0 Å². The zero-order valence-electron chi connectivity index (χ0n) is 14.5. The van der Waals surface area contributed by atoms with Crippen LogP contribution in [0.2, 0.25) is 0 Å². The molecule has 3 aliphatic rings. The van der Waals surface area contributed by atoms with Gasteiger partial charge in [0, 0.05) is 37.1 Å². The minimum atomic E-state index is 0.376. The zero-order valence-corrected chi connectivity index (χ0v) is 14.5. The summed E-state index contributed by atoms with van der Waals surface area (Å²) < 4.78 is 11.1. The highest BCUT2D eigenvalue weighted by Gasteiger charge is 2.46. The average Bonchev–Trinajstić information content (AvgIpc) is 3.39. The molecule has 0 aliphatic carbocycles. The van der Waals surface area contributed by atoms with E-state index < -0.39 is 0 Å². The first kappa shape index (κ1) is 15.5. The molecule has 1 aromatic carbocycles. The van der Waals surface area contributed by atoms with E-state index in [2.05, 4.69) is 40.4 Å². The number of nitrogens with zero attached hydrogens (tertiary/aromatic N) is 3. The van der Waals surface area contributed by atoms with Gasteiger partial charge in [-0.3, -0.25) is 4.90 Å². The number of hydrogen-bond donors (Lipinski definition) is 0. The van der Waals surface area contributed by atoms with Crippen LogP contribution >= 0.6 is 0 Å². The Bertz CT molecular complexity index is 711. The SMILES string of the molecule is c1ccc(C2CC(c3noc(C4CCOCC4)n3)[C@@H]3CCCN23)cc1. The Morgan fingerprint density at radius 3 is 2.72 bits per heavy atom. The van der Waals surface area contributed by atoms with E-state index in [-0.39, 0.29) is 0 Å². The van der Waals surface area contributed by atoms with E-state index in [0.717, 1.165) is 44.2 Å². The summed E-state index contributed by atoms with van der Waals surface area (Å²) in [6.45, 7) is 2.79. The third-order valence-electron chi connectivity index (χ3n) is 6.23. The molecule has 0 amide bonds. The lowest BCUT2D eigenvalue weighted by atomic mass is 9.93. The summed E-state index contributed by atoms with van der Waals surface area (Å²) in [6.07, 6.45) is 5.61. The second-order valence-corrected chi connectivity index (χ2v) is 7.59. The van der Waals surface area contributed by atoms with E-state index >= 15 is 0 Å². The minimum absolute atomic E-state index is 0.376. The van der Waals surface area contributed by atoms with Crippen LogP contribution < -0.4 is 0 Å². The molecule has 0 saturated carbocycles. The molecule has 4 heterocycles. The highest BCUT2D eigenvalue weighted by molar-refractivity contribution is 5.24. The lowest BCUT2D eigenvalue weighted by Gasteiger charge is -2.24. The molecule has 132 valence electrons. The van der Waals surface area contributed by atoms with Gasteiger partial charge < -0.3 is 9.26 Å². The van der Waals surface area contributed by atoms with Crippen LogP contribution in [0.1, 0.15) is 67.3 Å². The molecule has 0 bridgehead atoms. The van der Waals surface area contributed by atoms with E-state index in [1.165, 1.54) is 24.9 Å². The summed E-state index contributed by atoms with van der Waals surface area (Å²) in [6, 6.07) is 11.9. The second-order valence-electron chi connectivity index (χ2n) is 7.59. The van der Waals surface area contributed by atoms with Crippen molar-refractivity contribution in [3.8, 4) is 0 Å². The fraction of sp³-hybridized carbons (Fsp3) is 0.600. The first-order valence-electron chi connectivity index (χ1n) is 9.62. The van der Waals surface area contributed by atoms with Crippen molar-refractivity contribution in [3.05, 3.63) is 47.6 Å². The smallest absolute Gasteiger partial charge is 0.229 e. The molecule has 2 unspecified atom stereocenters. The molecule has 1 aromatic heterocycles. The molecule has 2 aromatic rings. The monoisotopic (exact) mass is 339 g/mol. The van der Waals surface area contributed by atoms with Gasteiger partial charge in [0.1, 0.15) is 0 Å². The highest BCUT2D eigenvalue weighted by atomic mass is 16.5. The Morgan fingerprint density at radius 1 is 1.04 bits per heavy atom. The van der Waals surface area contributed by atoms with Crippen molar-refractivity contribution in [1.29, 1.82) is 0 Å². The summed E-state index contributed by atoms with van der Waals surface area (Å²) in [4.78, 5) is 7.52. The lowest BCUT2D eigenvalue weighted by molar-refractivity contribution is 0.0778. The van der Waals surface area contributed by atoms with Gasteiger partial charge in [-0.2, -0.15) is 4.98 Å². The average molecular weight is 339 g/mol. The lowest BCUT2D eigenvalue weighted by Crippen LogP contribution is -2.27. The Hall–Kier alpha value is -1.72. The molecule has 25 heavy (non-hydrogen) atoms. The molecule has 5 nitrogen and oxygen atoms in total. The quantitative estimate of drug-likeness (QED) is 0.854. The zero-order chi connectivity index (χ0) is 16.6. The molecule has 5 heteroatoms. The van der Waals surface area contributed by atoms with Gasteiger partial charge in [0.25, 0.3) is 0 Å². The molecule has 3 aliphatic heterocycles. The van der Waals surface area contributed by atoms with Crippen molar-refractivity contribution in [2.45, 2.75) is 56.0 Å². The second kappa shape index (κ2) is 6.54. The van der Waals surface area contributed by atoms with Crippen molar-refractivity contribution >= 4 is 0 Å². The van der Waals surface area contributed by atoms with Crippen LogP contribution in [0.3, 0.4) is 0 Å². The molecule has 3 saturated heterocycles. The fourth-order valence-electron chi connectivity index (χ4n) is 4.96. The predicted molar refractivity (Wildman–Crippen MR) is 93.4 cm³/mol. The van der Waals surface area contributed by atoms with E-state index in [1.54, 1.807) is 0 Å². The summed E-state index contributed by atoms with van der Waals surface area (Å²) in [5.41, 5.74) is 1.42. The maximum Gasteiger partial charge on any atom is 0.229 e. The Labute approximate surface area is 148 Å². The van der Waals surface area contributed by atoms with Crippen molar-refractivity contribution in [2.24, 2.45) is 0 Å². The molecule has 0 radical (unpaired) electrons. The Kier molecular flexibility index (Phi) is 4.06. The van der Waals surface area contributed by atoms with Gasteiger partial charge in [-0.25, -0.2) is 0 Å². The first-order valence-corrected chi connectivity index (χ1v) is 9.62. The summed E-state index contributed by atoms with van der Waals surface area (Å²) >= 11 is 0. The van der Waals surface area contributed by atoms with E-state index in [9.17, 15) is 0 Å². The van der Waals surface area contributed by atoms with Crippen LogP contribution in [0.15, 0.2) is 34.9 Å². The number of aromatic nitrogens is 2. The Balaban J connectivity index is 1.39.